The third kappa shape index (κ3) is 8.84. The van der Waals surface area contributed by atoms with Crippen LogP contribution in [0.1, 0.15) is 24.8 Å². The minimum Gasteiger partial charge on any atom is -0.464 e. The number of alkyl halides is 2. The smallest absolute Gasteiger partial charge is 0.328 e. The van der Waals surface area contributed by atoms with E-state index < -0.39 is 43.2 Å². The molecule has 0 aromatic heterocycles. The molecule has 180 valence electrons. The molecule has 33 heavy (non-hydrogen) atoms. The molecule has 9 heteroatoms. The van der Waals surface area contributed by atoms with E-state index in [-0.39, 0.29) is 12.8 Å². The van der Waals surface area contributed by atoms with Gasteiger partial charge in [0.1, 0.15) is 11.9 Å². The van der Waals surface area contributed by atoms with E-state index in [1.54, 1.807) is 12.1 Å². The number of hydrogen-bond donors (Lipinski definition) is 2. The molecule has 1 amide bonds. The number of ether oxygens (including phenoxy) is 1. The van der Waals surface area contributed by atoms with Gasteiger partial charge in [-0.25, -0.2) is 9.18 Å². The summed E-state index contributed by atoms with van der Waals surface area (Å²) in [6, 6.07) is 9.79. The fraction of sp³-hybridized carbons (Fsp3) is 0.417. The first-order valence-electron chi connectivity index (χ1n) is 12.8. The lowest BCUT2D eigenvalue weighted by molar-refractivity contribution is -0.147. The molecule has 0 radical (unpaired) electrons. The number of anilines is 1. The predicted molar refractivity (Wildman–Crippen MR) is 130 cm³/mol. The number of hydrogen-bond acceptors (Lipinski definition) is 5. The zero-order chi connectivity index (χ0) is 28.5. The Hall–Kier alpha value is -2.35. The van der Waals surface area contributed by atoms with Crippen LogP contribution in [0.2, 0.25) is 0 Å². The van der Waals surface area contributed by atoms with Crippen molar-refractivity contribution in [2.45, 2.75) is 31.8 Å². The minimum absolute atomic E-state index is 0.117. The number of nitrogens with two attached hydrogens (primary N) is 1. The van der Waals surface area contributed by atoms with Crippen molar-refractivity contribution in [3.8, 4) is 0 Å². The van der Waals surface area contributed by atoms with Crippen molar-refractivity contribution in [3.05, 3.63) is 65.5 Å². The molecular weight excluding hydrogens is 468 g/mol. The van der Waals surface area contributed by atoms with Crippen LogP contribution >= 0.6 is 23.2 Å². The molecule has 0 aliphatic carbocycles. The summed E-state index contributed by atoms with van der Waals surface area (Å²) in [7, 11) is 0. The molecule has 0 aliphatic rings. The first-order chi connectivity index (χ1) is 17.8. The van der Waals surface area contributed by atoms with Crippen LogP contribution in [-0.4, -0.2) is 55.4 Å². The van der Waals surface area contributed by atoms with E-state index in [1.807, 2.05) is 17.0 Å². The molecule has 0 heterocycles. The molecular formula is C24H30Cl2FN3O3. The van der Waals surface area contributed by atoms with Gasteiger partial charge in [-0.15, -0.1) is 23.2 Å². The Morgan fingerprint density at radius 2 is 1.67 bits per heavy atom. The summed E-state index contributed by atoms with van der Waals surface area (Å²) >= 11 is 11.7. The van der Waals surface area contributed by atoms with E-state index >= 15 is 0 Å². The number of nitrogens with one attached hydrogen (secondary N) is 1. The highest BCUT2D eigenvalue weighted by Crippen LogP contribution is 2.16. The van der Waals surface area contributed by atoms with Crippen LogP contribution < -0.4 is 16.0 Å². The fourth-order valence-corrected chi connectivity index (χ4v) is 3.62. The molecule has 2 aromatic rings. The van der Waals surface area contributed by atoms with Gasteiger partial charge in [0.2, 0.25) is 5.91 Å². The van der Waals surface area contributed by atoms with E-state index in [2.05, 4.69) is 10.1 Å². The molecule has 0 saturated heterocycles. The Morgan fingerprint density at radius 3 is 2.24 bits per heavy atom. The number of benzene rings is 2. The summed E-state index contributed by atoms with van der Waals surface area (Å²) in [5.74, 6) is -1.70. The van der Waals surface area contributed by atoms with Gasteiger partial charge in [0.15, 0.2) is 0 Å². The maximum absolute atomic E-state index is 13.3. The first kappa shape index (κ1) is 20.1. The molecule has 0 bridgehead atoms. The number of nitrogens with zero attached hydrogens (tertiary/aromatic N) is 1. The van der Waals surface area contributed by atoms with Gasteiger partial charge >= 0.3 is 5.97 Å². The highest BCUT2D eigenvalue weighted by molar-refractivity contribution is 6.18. The van der Waals surface area contributed by atoms with Crippen LogP contribution in [0, 0.1) is 5.82 Å². The van der Waals surface area contributed by atoms with E-state index in [0.29, 0.717) is 30.4 Å². The lowest BCUT2D eigenvalue weighted by Gasteiger charge is -2.23. The van der Waals surface area contributed by atoms with Gasteiger partial charge in [0.05, 0.1) is 15.3 Å². The lowest BCUT2D eigenvalue weighted by Crippen LogP contribution is -2.50. The van der Waals surface area contributed by atoms with Crippen molar-refractivity contribution in [2.24, 2.45) is 5.73 Å². The third-order valence-electron chi connectivity index (χ3n) is 4.91. The molecule has 2 atom stereocenters. The van der Waals surface area contributed by atoms with E-state index in [0.717, 1.165) is 23.4 Å². The van der Waals surface area contributed by atoms with Crippen molar-refractivity contribution in [3.63, 3.8) is 0 Å². The standard InChI is InChI=1S/C24H30Cl2FN3O3/c1-2-33-24(32)22(16-18-3-7-19(27)8-4-18)29-23(31)21(28)15-17-5-9-20(10-6-17)30(13-11-25)14-12-26/h3-10,21-22H,2,11-16,28H2,1H3,(H,29,31)/i1D3,2D2. The van der Waals surface area contributed by atoms with Gasteiger partial charge in [-0.2, -0.15) is 0 Å². The summed E-state index contributed by atoms with van der Waals surface area (Å²) < 4.78 is 54.8. The molecule has 0 aliphatic heterocycles. The number of carbonyl (C=O) groups excluding carboxylic acids is 2. The van der Waals surface area contributed by atoms with E-state index in [9.17, 15) is 14.0 Å². The minimum atomic E-state index is -3.29. The largest absolute Gasteiger partial charge is 0.464 e. The Kier molecular flexibility index (Phi) is 8.53. The SMILES string of the molecule is [2H]C([2H])([2H])C([2H])([2H])OC(=O)C(Cc1ccc(F)cc1)NC(=O)C(N)Cc1ccc(N(CCCl)CCCl)cc1. The van der Waals surface area contributed by atoms with Crippen LogP contribution in [0.5, 0.6) is 0 Å². The second-order valence-corrected chi connectivity index (χ2v) is 8.01. The quantitative estimate of drug-likeness (QED) is 0.324. The van der Waals surface area contributed by atoms with Gasteiger partial charge < -0.3 is 20.7 Å². The fourth-order valence-electron chi connectivity index (χ4n) is 3.21. The molecule has 0 fully saturated rings. The van der Waals surface area contributed by atoms with Crippen molar-refractivity contribution in [1.82, 2.24) is 5.32 Å². The zero-order valence-corrected chi connectivity index (χ0v) is 19.4. The highest BCUT2D eigenvalue weighted by atomic mass is 35.5. The number of esters is 1. The van der Waals surface area contributed by atoms with Crippen LogP contribution in [0.3, 0.4) is 0 Å². The van der Waals surface area contributed by atoms with Crippen LogP contribution in [0.4, 0.5) is 10.1 Å². The number of halogens is 3. The average Bonchev–Trinajstić information content (AvgIpc) is 2.84. The Bertz CT molecular complexity index is 1050. The second-order valence-electron chi connectivity index (χ2n) is 7.26. The molecule has 2 aromatic carbocycles. The third-order valence-corrected chi connectivity index (χ3v) is 5.25. The van der Waals surface area contributed by atoms with Crippen LogP contribution in [0.15, 0.2) is 48.5 Å². The molecule has 6 nitrogen and oxygen atoms in total. The van der Waals surface area contributed by atoms with E-state index in [1.165, 1.54) is 12.1 Å². The zero-order valence-electron chi connectivity index (χ0n) is 22.9. The Morgan fingerprint density at radius 1 is 1.09 bits per heavy atom. The highest BCUT2D eigenvalue weighted by Gasteiger charge is 2.25. The van der Waals surface area contributed by atoms with Gasteiger partial charge in [-0.3, -0.25) is 4.79 Å². The predicted octanol–water partition coefficient (Wildman–Crippen LogP) is 3.27. The lowest BCUT2D eigenvalue weighted by atomic mass is 10.0. The summed E-state index contributed by atoms with van der Waals surface area (Å²) in [6.45, 7) is -5.32. The Balaban J connectivity index is 2.14. The number of amides is 1. The average molecular weight is 503 g/mol. The maximum atomic E-state index is 13.3. The molecule has 2 unspecified atom stereocenters. The number of rotatable bonds is 13. The number of carbonyl (C=O) groups is 2. The maximum Gasteiger partial charge on any atom is 0.328 e. The van der Waals surface area contributed by atoms with Crippen molar-refractivity contribution >= 4 is 40.8 Å². The van der Waals surface area contributed by atoms with Crippen molar-refractivity contribution in [2.75, 3.05) is 36.3 Å². The van der Waals surface area contributed by atoms with Gasteiger partial charge in [0, 0.05) is 41.1 Å². The van der Waals surface area contributed by atoms with Gasteiger partial charge in [0.25, 0.3) is 0 Å². The summed E-state index contributed by atoms with van der Waals surface area (Å²) in [6.07, 6.45) is -0.0914. The topological polar surface area (TPSA) is 84.7 Å². The molecule has 0 saturated carbocycles. The van der Waals surface area contributed by atoms with Gasteiger partial charge in [-0.1, -0.05) is 24.3 Å². The summed E-state index contributed by atoms with van der Waals surface area (Å²) in [5.41, 5.74) is 8.14. The van der Waals surface area contributed by atoms with Crippen molar-refractivity contribution in [1.29, 1.82) is 0 Å². The van der Waals surface area contributed by atoms with Crippen molar-refractivity contribution < 1.29 is 25.6 Å². The second kappa shape index (κ2) is 14.0. The summed E-state index contributed by atoms with van der Waals surface area (Å²) in [4.78, 5) is 27.6. The first-order valence-corrected chi connectivity index (χ1v) is 11.3. The van der Waals surface area contributed by atoms with Crippen LogP contribution in [-0.2, 0) is 27.2 Å². The molecule has 2 rings (SSSR count). The normalized spacial score (nSPS) is 15.7. The molecule has 0 spiro atoms. The summed E-state index contributed by atoms with van der Waals surface area (Å²) in [5, 5.41) is 2.42. The van der Waals surface area contributed by atoms with Gasteiger partial charge in [-0.05, 0) is 48.7 Å². The monoisotopic (exact) mass is 502 g/mol. The van der Waals surface area contributed by atoms with E-state index in [4.69, 9.17) is 35.8 Å². The molecule has 3 N–H and O–H groups in total. The Labute approximate surface area is 211 Å². The van der Waals surface area contributed by atoms with Crippen LogP contribution in [0.25, 0.3) is 0 Å².